The minimum absolute atomic E-state index is 0.0758. The molecule has 20 heavy (non-hydrogen) atoms. The van der Waals surface area contributed by atoms with E-state index in [4.69, 9.17) is 0 Å². The van der Waals surface area contributed by atoms with Crippen LogP contribution in [0.2, 0.25) is 0 Å². The Morgan fingerprint density at radius 3 is 2.50 bits per heavy atom. The van der Waals surface area contributed by atoms with Crippen LogP contribution < -0.4 is 0 Å². The number of hydrogen-bond acceptors (Lipinski definition) is 3. The summed E-state index contributed by atoms with van der Waals surface area (Å²) in [5, 5.41) is 11.0. The molecule has 0 aliphatic carbocycles. The van der Waals surface area contributed by atoms with Gasteiger partial charge in [-0.25, -0.2) is 0 Å². The van der Waals surface area contributed by atoms with Gasteiger partial charge in [-0.15, -0.1) is 0 Å². The van der Waals surface area contributed by atoms with Crippen molar-refractivity contribution in [3.63, 3.8) is 0 Å². The Balaban J connectivity index is 2.38. The standard InChI is InChI=1S/C14H17BrN2O3/c1-9-5-3-6-10(2)16(9)14(18)11-7-4-8-12(13(11)15)17(19)20/h4,7-10H,3,5-6H2,1-2H3/t9-,10+. The van der Waals surface area contributed by atoms with E-state index in [1.165, 1.54) is 6.07 Å². The number of likely N-dealkylation sites (tertiary alicyclic amines) is 1. The molecule has 1 saturated heterocycles. The molecule has 1 heterocycles. The fourth-order valence-electron chi connectivity index (χ4n) is 2.79. The molecule has 1 aromatic rings. The zero-order valence-corrected chi connectivity index (χ0v) is 13.1. The molecule has 0 unspecified atom stereocenters. The lowest BCUT2D eigenvalue weighted by atomic mass is 9.96. The highest BCUT2D eigenvalue weighted by Gasteiger charge is 2.31. The first kappa shape index (κ1) is 15.0. The normalized spacial score (nSPS) is 22.6. The van der Waals surface area contributed by atoms with Gasteiger partial charge in [-0.05, 0) is 55.1 Å². The zero-order valence-electron chi connectivity index (χ0n) is 11.5. The second-order valence-electron chi connectivity index (χ2n) is 5.24. The van der Waals surface area contributed by atoms with Crippen molar-refractivity contribution in [3.8, 4) is 0 Å². The van der Waals surface area contributed by atoms with E-state index in [1.54, 1.807) is 12.1 Å². The van der Waals surface area contributed by atoms with Crippen LogP contribution in [0.25, 0.3) is 0 Å². The van der Waals surface area contributed by atoms with E-state index in [9.17, 15) is 14.9 Å². The van der Waals surface area contributed by atoms with Crippen LogP contribution in [0.15, 0.2) is 22.7 Å². The number of nitro groups is 1. The Kier molecular flexibility index (Phi) is 4.42. The highest BCUT2D eigenvalue weighted by Crippen LogP contribution is 2.32. The lowest BCUT2D eigenvalue weighted by Gasteiger charge is -2.39. The van der Waals surface area contributed by atoms with Crippen molar-refractivity contribution in [1.29, 1.82) is 0 Å². The molecule has 5 nitrogen and oxygen atoms in total. The van der Waals surface area contributed by atoms with E-state index in [0.717, 1.165) is 19.3 Å². The molecular weight excluding hydrogens is 324 g/mol. The molecule has 0 radical (unpaired) electrons. The quantitative estimate of drug-likeness (QED) is 0.608. The van der Waals surface area contributed by atoms with E-state index < -0.39 is 4.92 Å². The Bertz CT molecular complexity index is 537. The number of carbonyl (C=O) groups is 1. The molecule has 2 atom stereocenters. The van der Waals surface area contributed by atoms with Gasteiger partial charge >= 0.3 is 0 Å². The van der Waals surface area contributed by atoms with Crippen molar-refractivity contribution in [1.82, 2.24) is 4.90 Å². The summed E-state index contributed by atoms with van der Waals surface area (Å²) < 4.78 is 0.264. The highest BCUT2D eigenvalue weighted by atomic mass is 79.9. The molecule has 1 aliphatic rings. The number of benzene rings is 1. The van der Waals surface area contributed by atoms with Crippen molar-refractivity contribution >= 4 is 27.5 Å². The molecular formula is C14H17BrN2O3. The van der Waals surface area contributed by atoms with Gasteiger partial charge in [0.1, 0.15) is 4.47 Å². The van der Waals surface area contributed by atoms with Crippen LogP contribution in [0.5, 0.6) is 0 Å². The number of hydrogen-bond donors (Lipinski definition) is 0. The Morgan fingerprint density at radius 2 is 1.95 bits per heavy atom. The fourth-order valence-corrected chi connectivity index (χ4v) is 3.37. The van der Waals surface area contributed by atoms with E-state index in [1.807, 2.05) is 18.7 Å². The number of amides is 1. The summed E-state index contributed by atoms with van der Waals surface area (Å²) in [7, 11) is 0. The minimum atomic E-state index is -0.482. The van der Waals surface area contributed by atoms with Crippen LogP contribution in [-0.2, 0) is 0 Å². The third kappa shape index (κ3) is 2.70. The largest absolute Gasteiger partial charge is 0.333 e. The topological polar surface area (TPSA) is 63.5 Å². The molecule has 6 heteroatoms. The number of halogens is 1. The van der Waals surface area contributed by atoms with Gasteiger partial charge in [0.15, 0.2) is 0 Å². The Hall–Kier alpha value is -1.43. The highest BCUT2D eigenvalue weighted by molar-refractivity contribution is 9.10. The molecule has 1 aromatic carbocycles. The lowest BCUT2D eigenvalue weighted by Crippen LogP contribution is -2.47. The van der Waals surface area contributed by atoms with Gasteiger partial charge in [0.05, 0.1) is 10.5 Å². The van der Waals surface area contributed by atoms with Gasteiger partial charge in [0.2, 0.25) is 0 Å². The number of rotatable bonds is 2. The predicted molar refractivity (Wildman–Crippen MR) is 79.7 cm³/mol. The van der Waals surface area contributed by atoms with E-state index >= 15 is 0 Å². The van der Waals surface area contributed by atoms with Crippen molar-refractivity contribution < 1.29 is 9.72 Å². The summed E-state index contributed by atoms with van der Waals surface area (Å²) in [4.78, 5) is 25.0. The number of carbonyl (C=O) groups excluding carboxylic acids is 1. The molecule has 0 aromatic heterocycles. The molecule has 0 N–H and O–H groups in total. The molecule has 108 valence electrons. The second-order valence-corrected chi connectivity index (χ2v) is 6.03. The number of nitrogens with zero attached hydrogens (tertiary/aromatic N) is 2. The number of piperidine rings is 1. The van der Waals surface area contributed by atoms with Crippen molar-refractivity contribution in [2.24, 2.45) is 0 Å². The fraction of sp³-hybridized carbons (Fsp3) is 0.500. The third-order valence-corrected chi connectivity index (χ3v) is 4.67. The van der Waals surface area contributed by atoms with Crippen molar-refractivity contribution in [2.45, 2.75) is 45.2 Å². The average Bonchev–Trinajstić information content (AvgIpc) is 2.38. The smallest absolute Gasteiger partial charge is 0.284 e. The lowest BCUT2D eigenvalue weighted by molar-refractivity contribution is -0.385. The Labute approximate surface area is 126 Å². The SMILES string of the molecule is C[C@@H]1CCC[C@H](C)N1C(=O)c1cccc([N+](=O)[O-])c1Br. The maximum atomic E-state index is 12.7. The Morgan fingerprint density at radius 1 is 1.35 bits per heavy atom. The summed E-state index contributed by atoms with van der Waals surface area (Å²) in [5.41, 5.74) is 0.285. The third-order valence-electron chi connectivity index (χ3n) is 3.83. The van der Waals surface area contributed by atoms with Gasteiger partial charge in [0.25, 0.3) is 11.6 Å². The molecule has 1 fully saturated rings. The van der Waals surface area contributed by atoms with E-state index in [2.05, 4.69) is 15.9 Å². The monoisotopic (exact) mass is 340 g/mol. The molecule has 0 saturated carbocycles. The van der Waals surface area contributed by atoms with Gasteiger partial charge in [0, 0.05) is 18.2 Å². The average molecular weight is 341 g/mol. The predicted octanol–water partition coefficient (Wildman–Crippen LogP) is 3.76. The van der Waals surface area contributed by atoms with Gasteiger partial charge in [-0.2, -0.15) is 0 Å². The van der Waals surface area contributed by atoms with Gasteiger partial charge in [-0.1, -0.05) is 6.07 Å². The second kappa shape index (κ2) is 5.91. The van der Waals surface area contributed by atoms with Crippen LogP contribution in [0.1, 0.15) is 43.5 Å². The summed E-state index contributed by atoms with van der Waals surface area (Å²) in [5.74, 6) is -0.139. The van der Waals surface area contributed by atoms with E-state index in [0.29, 0.717) is 5.56 Å². The van der Waals surface area contributed by atoms with Crippen LogP contribution in [0.3, 0.4) is 0 Å². The van der Waals surface area contributed by atoms with Crippen LogP contribution in [-0.4, -0.2) is 27.8 Å². The summed E-state index contributed by atoms with van der Waals surface area (Å²) in [6.45, 7) is 4.05. The molecule has 1 aliphatic heterocycles. The molecule has 0 spiro atoms. The minimum Gasteiger partial charge on any atom is -0.333 e. The molecule has 2 rings (SSSR count). The number of nitro benzene ring substituents is 1. The maximum absolute atomic E-state index is 12.7. The zero-order chi connectivity index (χ0) is 14.9. The van der Waals surface area contributed by atoms with E-state index in [-0.39, 0.29) is 28.2 Å². The molecule has 1 amide bonds. The van der Waals surface area contributed by atoms with Crippen LogP contribution in [0.4, 0.5) is 5.69 Å². The van der Waals surface area contributed by atoms with Crippen LogP contribution in [0, 0.1) is 10.1 Å². The first-order chi connectivity index (χ1) is 9.43. The van der Waals surface area contributed by atoms with Crippen molar-refractivity contribution in [2.75, 3.05) is 0 Å². The summed E-state index contributed by atoms with van der Waals surface area (Å²) in [6.07, 6.45) is 3.06. The summed E-state index contributed by atoms with van der Waals surface area (Å²) in [6, 6.07) is 4.90. The maximum Gasteiger partial charge on any atom is 0.284 e. The first-order valence-electron chi connectivity index (χ1n) is 6.69. The van der Waals surface area contributed by atoms with Gasteiger partial charge < -0.3 is 4.90 Å². The first-order valence-corrected chi connectivity index (χ1v) is 7.48. The van der Waals surface area contributed by atoms with Crippen LogP contribution >= 0.6 is 15.9 Å². The van der Waals surface area contributed by atoms with Gasteiger partial charge in [-0.3, -0.25) is 14.9 Å². The molecule has 0 bridgehead atoms. The summed E-state index contributed by atoms with van der Waals surface area (Å²) >= 11 is 3.20. The van der Waals surface area contributed by atoms with Crippen molar-refractivity contribution in [3.05, 3.63) is 38.3 Å².